The number of hydrogen-bond acceptors (Lipinski definition) is 1. The molecular formula is C56H38N2. The SMILES string of the molecule is c1ccc(-c2ccc(N(c3ccccc3)c3ccc(-c4ccccc4-n4c5ccccc5c5cc(-c6cc7ccccc7c7ccccc67)ccc54)cc3)cc2)cc1. The molecule has 2 nitrogen and oxygen atoms in total. The van der Waals surface area contributed by atoms with Gasteiger partial charge in [0.2, 0.25) is 0 Å². The van der Waals surface area contributed by atoms with Crippen molar-refractivity contribution in [1.82, 2.24) is 4.57 Å². The molecule has 0 aliphatic heterocycles. The second kappa shape index (κ2) is 14.1. The van der Waals surface area contributed by atoms with Gasteiger partial charge in [-0.05, 0) is 116 Å². The largest absolute Gasteiger partial charge is 0.311 e. The van der Waals surface area contributed by atoms with Crippen LogP contribution in [0.4, 0.5) is 17.1 Å². The molecule has 0 atom stereocenters. The molecule has 0 aliphatic rings. The van der Waals surface area contributed by atoms with Gasteiger partial charge in [-0.1, -0.05) is 164 Å². The zero-order valence-corrected chi connectivity index (χ0v) is 31.8. The first-order valence-electron chi connectivity index (χ1n) is 19.9. The minimum Gasteiger partial charge on any atom is -0.311 e. The molecule has 0 saturated carbocycles. The summed E-state index contributed by atoms with van der Waals surface area (Å²) in [7, 11) is 0. The van der Waals surface area contributed by atoms with Gasteiger partial charge in [-0.3, -0.25) is 0 Å². The Bertz CT molecular complexity index is 3250. The maximum Gasteiger partial charge on any atom is 0.0541 e. The van der Waals surface area contributed by atoms with Crippen molar-refractivity contribution >= 4 is 60.4 Å². The predicted octanol–water partition coefficient (Wildman–Crippen LogP) is 15.6. The molecule has 2 heteroatoms. The standard InChI is InChI=1S/C56H38N2/c1-3-15-39(16-4-1)40-27-32-45(33-28-40)57(44-18-5-2-6-19-44)46-34-29-41(30-35-46)48-21-11-13-25-54(48)58-55-26-14-12-24-51(55)53-38-43(31-36-56(53)58)52-37-42-17-7-8-20-47(42)49-22-9-10-23-50(49)52/h1-38H. The molecule has 272 valence electrons. The van der Waals surface area contributed by atoms with E-state index < -0.39 is 0 Å². The summed E-state index contributed by atoms with van der Waals surface area (Å²) < 4.78 is 2.45. The normalized spacial score (nSPS) is 11.4. The Morgan fingerprint density at radius 1 is 0.276 bits per heavy atom. The van der Waals surface area contributed by atoms with E-state index in [0.29, 0.717) is 0 Å². The summed E-state index contributed by atoms with van der Waals surface area (Å²) in [5.74, 6) is 0. The monoisotopic (exact) mass is 738 g/mol. The van der Waals surface area contributed by atoms with E-state index >= 15 is 0 Å². The first kappa shape index (κ1) is 33.6. The number of anilines is 3. The number of benzene rings is 10. The lowest BCUT2D eigenvalue weighted by molar-refractivity contribution is 1.18. The van der Waals surface area contributed by atoms with Crippen LogP contribution in [-0.4, -0.2) is 4.57 Å². The Kier molecular flexibility index (Phi) is 8.19. The third-order valence-corrected chi connectivity index (χ3v) is 11.6. The van der Waals surface area contributed by atoms with Crippen molar-refractivity contribution in [3.05, 3.63) is 231 Å². The number of hydrogen-bond donors (Lipinski definition) is 0. The highest BCUT2D eigenvalue weighted by Gasteiger charge is 2.18. The molecule has 1 aromatic heterocycles. The molecule has 11 aromatic rings. The van der Waals surface area contributed by atoms with E-state index in [9.17, 15) is 0 Å². The van der Waals surface area contributed by atoms with E-state index in [1.54, 1.807) is 0 Å². The molecule has 11 rings (SSSR count). The molecule has 0 aliphatic carbocycles. The first-order valence-corrected chi connectivity index (χ1v) is 19.9. The van der Waals surface area contributed by atoms with Crippen molar-refractivity contribution in [1.29, 1.82) is 0 Å². The number of nitrogens with zero attached hydrogens (tertiary/aromatic N) is 2. The molecule has 0 unspecified atom stereocenters. The van der Waals surface area contributed by atoms with Gasteiger partial charge in [0.05, 0.1) is 16.7 Å². The van der Waals surface area contributed by atoms with Crippen LogP contribution in [0, 0.1) is 0 Å². The van der Waals surface area contributed by atoms with Crippen molar-refractivity contribution < 1.29 is 0 Å². The van der Waals surface area contributed by atoms with Crippen LogP contribution < -0.4 is 4.90 Å². The molecule has 0 amide bonds. The highest BCUT2D eigenvalue weighted by molar-refractivity contribution is 6.16. The molecule has 0 saturated heterocycles. The lowest BCUT2D eigenvalue weighted by Gasteiger charge is -2.26. The van der Waals surface area contributed by atoms with Crippen LogP contribution in [0.2, 0.25) is 0 Å². The van der Waals surface area contributed by atoms with Crippen molar-refractivity contribution in [3.8, 4) is 39.1 Å². The summed E-state index contributed by atoms with van der Waals surface area (Å²) in [6.45, 7) is 0. The fraction of sp³-hybridized carbons (Fsp3) is 0. The summed E-state index contributed by atoms with van der Waals surface area (Å²) in [5, 5.41) is 7.58. The Morgan fingerprint density at radius 2 is 0.793 bits per heavy atom. The molecule has 0 bridgehead atoms. The van der Waals surface area contributed by atoms with Crippen LogP contribution in [0.25, 0.3) is 82.4 Å². The third kappa shape index (κ3) is 5.74. The van der Waals surface area contributed by atoms with Crippen molar-refractivity contribution in [2.75, 3.05) is 4.90 Å². The summed E-state index contributed by atoms with van der Waals surface area (Å²) in [4.78, 5) is 2.33. The third-order valence-electron chi connectivity index (χ3n) is 11.6. The van der Waals surface area contributed by atoms with Gasteiger partial charge >= 0.3 is 0 Å². The molecule has 0 spiro atoms. The zero-order valence-electron chi connectivity index (χ0n) is 31.8. The van der Waals surface area contributed by atoms with Crippen LogP contribution in [0.15, 0.2) is 231 Å². The van der Waals surface area contributed by atoms with Gasteiger partial charge in [-0.15, -0.1) is 0 Å². The topological polar surface area (TPSA) is 8.17 Å². The maximum absolute atomic E-state index is 2.45. The molecular weight excluding hydrogens is 701 g/mol. The highest BCUT2D eigenvalue weighted by atomic mass is 15.1. The Labute approximate surface area is 338 Å². The quantitative estimate of drug-likeness (QED) is 0.148. The molecule has 0 N–H and O–H groups in total. The van der Waals surface area contributed by atoms with E-state index in [-0.39, 0.29) is 0 Å². The van der Waals surface area contributed by atoms with Gasteiger partial charge in [0.25, 0.3) is 0 Å². The minimum atomic E-state index is 1.10. The molecule has 1 heterocycles. The smallest absolute Gasteiger partial charge is 0.0541 e. The Balaban J connectivity index is 1.01. The van der Waals surface area contributed by atoms with E-state index in [4.69, 9.17) is 0 Å². The van der Waals surface area contributed by atoms with Gasteiger partial charge in [-0.25, -0.2) is 0 Å². The van der Waals surface area contributed by atoms with Crippen LogP contribution >= 0.6 is 0 Å². The number of para-hydroxylation sites is 3. The summed E-state index contributed by atoms with van der Waals surface area (Å²) in [6, 6.07) is 83.5. The lowest BCUT2D eigenvalue weighted by Crippen LogP contribution is -2.09. The van der Waals surface area contributed by atoms with Crippen molar-refractivity contribution in [3.63, 3.8) is 0 Å². The van der Waals surface area contributed by atoms with E-state index in [1.807, 2.05) is 0 Å². The average Bonchev–Trinajstić information content (AvgIpc) is 3.63. The number of rotatable bonds is 7. The van der Waals surface area contributed by atoms with E-state index in [1.165, 1.54) is 71.2 Å². The van der Waals surface area contributed by atoms with Crippen LogP contribution in [-0.2, 0) is 0 Å². The Hall–Kier alpha value is -7.68. The van der Waals surface area contributed by atoms with Crippen LogP contribution in [0.5, 0.6) is 0 Å². The van der Waals surface area contributed by atoms with Gasteiger partial charge in [0.1, 0.15) is 0 Å². The second-order valence-corrected chi connectivity index (χ2v) is 14.9. The van der Waals surface area contributed by atoms with Crippen LogP contribution in [0.3, 0.4) is 0 Å². The van der Waals surface area contributed by atoms with E-state index in [0.717, 1.165) is 28.3 Å². The predicted molar refractivity (Wildman–Crippen MR) is 247 cm³/mol. The molecule has 58 heavy (non-hydrogen) atoms. The van der Waals surface area contributed by atoms with Crippen molar-refractivity contribution in [2.24, 2.45) is 0 Å². The number of fused-ring (bicyclic) bond motifs is 6. The lowest BCUT2D eigenvalue weighted by atomic mass is 9.92. The van der Waals surface area contributed by atoms with Crippen molar-refractivity contribution in [2.45, 2.75) is 0 Å². The van der Waals surface area contributed by atoms with Gasteiger partial charge in [0, 0.05) is 33.4 Å². The fourth-order valence-corrected chi connectivity index (χ4v) is 8.85. The molecule has 10 aromatic carbocycles. The first-order chi connectivity index (χ1) is 28.8. The summed E-state index contributed by atoms with van der Waals surface area (Å²) in [5.41, 5.74) is 14.1. The van der Waals surface area contributed by atoms with Gasteiger partial charge < -0.3 is 9.47 Å². The average molecular weight is 739 g/mol. The Morgan fingerprint density at radius 3 is 1.55 bits per heavy atom. The molecule has 0 radical (unpaired) electrons. The maximum atomic E-state index is 2.45. The van der Waals surface area contributed by atoms with E-state index in [2.05, 4.69) is 240 Å². The van der Waals surface area contributed by atoms with Gasteiger partial charge in [0.15, 0.2) is 0 Å². The molecule has 0 fully saturated rings. The van der Waals surface area contributed by atoms with Gasteiger partial charge in [-0.2, -0.15) is 0 Å². The van der Waals surface area contributed by atoms with Crippen LogP contribution in [0.1, 0.15) is 0 Å². The highest BCUT2D eigenvalue weighted by Crippen LogP contribution is 2.42. The minimum absolute atomic E-state index is 1.10. The zero-order chi connectivity index (χ0) is 38.4. The summed E-state index contributed by atoms with van der Waals surface area (Å²) >= 11 is 0. The fourth-order valence-electron chi connectivity index (χ4n) is 8.85. The number of aromatic nitrogens is 1. The summed E-state index contributed by atoms with van der Waals surface area (Å²) in [6.07, 6.45) is 0. The second-order valence-electron chi connectivity index (χ2n) is 14.9.